The summed E-state index contributed by atoms with van der Waals surface area (Å²) in [6, 6.07) is 11.0. The van der Waals surface area contributed by atoms with Crippen LogP contribution in [0.1, 0.15) is 5.56 Å². The van der Waals surface area contributed by atoms with Gasteiger partial charge in [0.05, 0.1) is 30.9 Å². The molecule has 0 saturated carbocycles. The van der Waals surface area contributed by atoms with Crippen LogP contribution < -0.4 is 14.3 Å². The number of aryl methyl sites for hydroxylation is 1. The summed E-state index contributed by atoms with van der Waals surface area (Å²) >= 11 is 7.30. The molecule has 3 aromatic rings. The van der Waals surface area contributed by atoms with Crippen molar-refractivity contribution in [3.8, 4) is 11.5 Å². The number of halogens is 1. The molecule has 2 aromatic carbocycles. The lowest BCUT2D eigenvalue weighted by Crippen LogP contribution is -2.14. The van der Waals surface area contributed by atoms with E-state index in [-0.39, 0.29) is 12.3 Å². The molecule has 7 heteroatoms. The smallest absolute Gasteiger partial charge is 0.252 e. The van der Waals surface area contributed by atoms with Crippen molar-refractivity contribution in [3.05, 3.63) is 51.8 Å². The van der Waals surface area contributed by atoms with Gasteiger partial charge in [0, 0.05) is 24.2 Å². The van der Waals surface area contributed by atoms with Crippen molar-refractivity contribution in [1.29, 1.82) is 0 Å². The SMILES string of the molecule is COc1cc2sc(=NC(=O)Cc3ccc(Cl)cc3)n(C)c2cc1OC. The Morgan fingerprint density at radius 2 is 1.80 bits per heavy atom. The van der Waals surface area contributed by atoms with Gasteiger partial charge < -0.3 is 14.0 Å². The van der Waals surface area contributed by atoms with Gasteiger partial charge in [-0.3, -0.25) is 4.79 Å². The largest absolute Gasteiger partial charge is 0.493 e. The Labute approximate surface area is 154 Å². The van der Waals surface area contributed by atoms with E-state index in [4.69, 9.17) is 21.1 Å². The van der Waals surface area contributed by atoms with Gasteiger partial charge in [-0.25, -0.2) is 0 Å². The number of fused-ring (bicyclic) bond motifs is 1. The van der Waals surface area contributed by atoms with Crippen molar-refractivity contribution in [1.82, 2.24) is 4.57 Å². The van der Waals surface area contributed by atoms with Crippen LogP contribution in [0.3, 0.4) is 0 Å². The number of benzene rings is 2. The third kappa shape index (κ3) is 3.70. The van der Waals surface area contributed by atoms with Crippen molar-refractivity contribution in [2.24, 2.45) is 12.0 Å². The molecule has 1 amide bonds. The molecule has 5 nitrogen and oxygen atoms in total. The molecule has 0 N–H and O–H groups in total. The summed E-state index contributed by atoms with van der Waals surface area (Å²) in [5, 5.41) is 0.645. The Morgan fingerprint density at radius 3 is 2.44 bits per heavy atom. The summed E-state index contributed by atoms with van der Waals surface area (Å²) in [6.07, 6.45) is 0.234. The van der Waals surface area contributed by atoms with E-state index in [1.807, 2.05) is 35.9 Å². The van der Waals surface area contributed by atoms with Crippen LogP contribution in [0.5, 0.6) is 11.5 Å². The highest BCUT2D eigenvalue weighted by atomic mass is 35.5. The van der Waals surface area contributed by atoms with Gasteiger partial charge in [-0.1, -0.05) is 35.1 Å². The lowest BCUT2D eigenvalue weighted by atomic mass is 10.1. The van der Waals surface area contributed by atoms with Crippen molar-refractivity contribution in [3.63, 3.8) is 0 Å². The van der Waals surface area contributed by atoms with Gasteiger partial charge in [-0.15, -0.1) is 0 Å². The number of carbonyl (C=O) groups is 1. The van der Waals surface area contributed by atoms with Gasteiger partial charge in [0.15, 0.2) is 16.3 Å². The maximum Gasteiger partial charge on any atom is 0.252 e. The molecule has 1 heterocycles. The maximum absolute atomic E-state index is 12.3. The molecule has 25 heavy (non-hydrogen) atoms. The zero-order valence-electron chi connectivity index (χ0n) is 14.1. The van der Waals surface area contributed by atoms with E-state index in [1.54, 1.807) is 26.4 Å². The van der Waals surface area contributed by atoms with Crippen LogP contribution in [0.2, 0.25) is 5.02 Å². The van der Waals surface area contributed by atoms with Crippen molar-refractivity contribution >= 4 is 39.1 Å². The van der Waals surface area contributed by atoms with Crippen molar-refractivity contribution in [2.45, 2.75) is 6.42 Å². The highest BCUT2D eigenvalue weighted by Crippen LogP contribution is 2.33. The molecular formula is C18H17ClN2O3S. The number of nitrogens with zero attached hydrogens (tertiary/aromatic N) is 2. The monoisotopic (exact) mass is 376 g/mol. The Morgan fingerprint density at radius 1 is 1.16 bits per heavy atom. The second-order valence-corrected chi connectivity index (χ2v) is 6.87. The molecule has 0 aliphatic heterocycles. The quantitative estimate of drug-likeness (QED) is 0.699. The molecule has 130 valence electrons. The van der Waals surface area contributed by atoms with E-state index < -0.39 is 0 Å². The van der Waals surface area contributed by atoms with E-state index in [1.165, 1.54) is 11.3 Å². The Hall–Kier alpha value is -2.31. The number of hydrogen-bond acceptors (Lipinski definition) is 4. The van der Waals surface area contributed by atoms with E-state index in [0.29, 0.717) is 21.3 Å². The molecular weight excluding hydrogens is 360 g/mol. The lowest BCUT2D eigenvalue weighted by Gasteiger charge is -2.07. The van der Waals surface area contributed by atoms with Crippen LogP contribution in [0.4, 0.5) is 0 Å². The number of ether oxygens (including phenoxy) is 2. The minimum atomic E-state index is -0.205. The van der Waals surface area contributed by atoms with E-state index >= 15 is 0 Å². The second-order valence-electron chi connectivity index (χ2n) is 5.43. The first kappa shape index (κ1) is 17.5. The van der Waals surface area contributed by atoms with Crippen LogP contribution >= 0.6 is 22.9 Å². The zero-order chi connectivity index (χ0) is 18.0. The van der Waals surface area contributed by atoms with Crippen LogP contribution in [-0.4, -0.2) is 24.7 Å². The predicted octanol–water partition coefficient (Wildman–Crippen LogP) is 3.58. The summed E-state index contributed by atoms with van der Waals surface area (Å²) in [7, 11) is 5.06. The first-order valence-corrected chi connectivity index (χ1v) is 8.75. The first-order valence-electron chi connectivity index (χ1n) is 7.55. The number of methoxy groups -OCH3 is 2. The number of thiazole rings is 1. The first-order chi connectivity index (χ1) is 12.0. The number of carbonyl (C=O) groups excluding carboxylic acids is 1. The van der Waals surface area contributed by atoms with Gasteiger partial charge in [-0.2, -0.15) is 4.99 Å². The average Bonchev–Trinajstić information content (AvgIpc) is 2.90. The molecule has 0 saturated heterocycles. The molecule has 0 spiro atoms. The van der Waals surface area contributed by atoms with Crippen molar-refractivity contribution < 1.29 is 14.3 Å². The van der Waals surface area contributed by atoms with Gasteiger partial charge >= 0.3 is 0 Å². The van der Waals surface area contributed by atoms with Gasteiger partial charge in [0.25, 0.3) is 5.91 Å². The van der Waals surface area contributed by atoms with Gasteiger partial charge in [0.1, 0.15) is 0 Å². The Kier molecular flexibility index (Phi) is 5.11. The lowest BCUT2D eigenvalue weighted by molar-refractivity contribution is -0.117. The molecule has 0 fully saturated rings. The molecule has 0 unspecified atom stereocenters. The summed E-state index contributed by atoms with van der Waals surface area (Å²) < 4.78 is 13.5. The summed E-state index contributed by atoms with van der Waals surface area (Å²) in [5.74, 6) is 1.08. The Balaban J connectivity index is 1.97. The third-order valence-electron chi connectivity index (χ3n) is 3.80. The number of amides is 1. The fourth-order valence-corrected chi connectivity index (χ4v) is 3.66. The molecule has 0 aliphatic rings. The number of aromatic nitrogens is 1. The molecule has 3 rings (SSSR count). The van der Waals surface area contributed by atoms with Gasteiger partial charge in [-0.05, 0) is 17.7 Å². The fourth-order valence-electron chi connectivity index (χ4n) is 2.48. The van der Waals surface area contributed by atoms with E-state index in [2.05, 4.69) is 4.99 Å². The average molecular weight is 377 g/mol. The molecule has 0 bridgehead atoms. The summed E-state index contributed by atoms with van der Waals surface area (Å²) in [5.41, 5.74) is 1.81. The normalized spacial score (nSPS) is 11.8. The van der Waals surface area contributed by atoms with E-state index in [9.17, 15) is 4.79 Å². The molecule has 0 atom stereocenters. The topological polar surface area (TPSA) is 52.8 Å². The number of rotatable bonds is 4. The minimum Gasteiger partial charge on any atom is -0.493 e. The Bertz CT molecular complexity index is 990. The fraction of sp³-hybridized carbons (Fsp3) is 0.222. The van der Waals surface area contributed by atoms with Crippen LogP contribution in [0.15, 0.2) is 41.4 Å². The van der Waals surface area contributed by atoms with Gasteiger partial charge in [0.2, 0.25) is 0 Å². The summed E-state index contributed by atoms with van der Waals surface area (Å²) in [6.45, 7) is 0. The van der Waals surface area contributed by atoms with Crippen LogP contribution in [-0.2, 0) is 18.3 Å². The highest BCUT2D eigenvalue weighted by Gasteiger charge is 2.11. The van der Waals surface area contributed by atoms with Crippen molar-refractivity contribution in [2.75, 3.05) is 14.2 Å². The van der Waals surface area contributed by atoms with E-state index in [0.717, 1.165) is 15.8 Å². The molecule has 0 radical (unpaired) electrons. The predicted molar refractivity (Wildman–Crippen MR) is 99.6 cm³/mol. The molecule has 0 aliphatic carbocycles. The zero-order valence-corrected chi connectivity index (χ0v) is 15.6. The van der Waals surface area contributed by atoms with Crippen LogP contribution in [0.25, 0.3) is 10.2 Å². The number of hydrogen-bond donors (Lipinski definition) is 0. The summed E-state index contributed by atoms with van der Waals surface area (Å²) in [4.78, 5) is 17.2. The highest BCUT2D eigenvalue weighted by molar-refractivity contribution is 7.16. The minimum absolute atomic E-state index is 0.205. The second kappa shape index (κ2) is 7.29. The standard InChI is InChI=1S/C18H17ClN2O3S/c1-21-13-9-14(23-2)15(24-3)10-16(13)25-18(21)20-17(22)8-11-4-6-12(19)7-5-11/h4-7,9-10H,8H2,1-3H3. The maximum atomic E-state index is 12.3. The molecule has 1 aromatic heterocycles. The van der Waals surface area contributed by atoms with Crippen LogP contribution in [0, 0.1) is 0 Å². The third-order valence-corrected chi connectivity index (χ3v) is 5.15.